The first-order chi connectivity index (χ1) is 10.9. The average molecular weight is 316 g/mol. The Bertz CT molecular complexity index is 952. The van der Waals surface area contributed by atoms with Crippen molar-refractivity contribution in [1.82, 2.24) is 20.1 Å². The van der Waals surface area contributed by atoms with E-state index in [1.165, 1.54) is 6.07 Å². The molecule has 120 valence electrons. The maximum absolute atomic E-state index is 11.7. The normalized spacial score (nSPS) is 22.8. The number of H-pyrrole nitrogens is 1. The molecule has 2 unspecified atom stereocenters. The van der Waals surface area contributed by atoms with Gasteiger partial charge in [0, 0.05) is 23.4 Å². The van der Waals surface area contributed by atoms with Crippen LogP contribution in [-0.4, -0.2) is 36.9 Å². The number of ether oxygens (including phenoxy) is 1. The molecule has 3 heterocycles. The van der Waals surface area contributed by atoms with E-state index in [1.54, 1.807) is 30.7 Å². The summed E-state index contributed by atoms with van der Waals surface area (Å²) < 4.78 is 12.4. The first-order valence-corrected chi connectivity index (χ1v) is 7.28. The highest BCUT2D eigenvalue weighted by Gasteiger charge is 2.44. The minimum absolute atomic E-state index is 0.218. The fourth-order valence-corrected chi connectivity index (χ4v) is 3.11. The summed E-state index contributed by atoms with van der Waals surface area (Å²) >= 11 is 0. The second-order valence-electron chi connectivity index (χ2n) is 6.37. The number of fused-ring (bicyclic) bond motifs is 2. The zero-order chi connectivity index (χ0) is 16.4. The summed E-state index contributed by atoms with van der Waals surface area (Å²) in [5.74, 6) is 0.586. The summed E-state index contributed by atoms with van der Waals surface area (Å²) in [6, 6.07) is 4.49. The van der Waals surface area contributed by atoms with Gasteiger partial charge in [-0.15, -0.1) is 0 Å². The number of aromatic nitrogens is 4. The second-order valence-corrected chi connectivity index (χ2v) is 6.37. The predicted molar refractivity (Wildman–Crippen MR) is 80.4 cm³/mol. The van der Waals surface area contributed by atoms with E-state index >= 15 is 0 Å². The van der Waals surface area contributed by atoms with Crippen molar-refractivity contribution >= 4 is 11.0 Å². The van der Waals surface area contributed by atoms with Crippen LogP contribution in [0.15, 0.2) is 27.6 Å². The third-order valence-electron chi connectivity index (χ3n) is 4.32. The molecular formula is C15H16N4O4. The standard InChI is InChI=1S/C15H16N4O4/c1-7-4-12(20)16-19(7)13-8-5-9-10(18-23-17-9)6-11(8)22-15(2,3)14(13)21/h4-6,13-14,21H,1-3H3,(H,16,20). The number of aromatic amines is 1. The smallest absolute Gasteiger partial charge is 0.264 e. The van der Waals surface area contributed by atoms with Gasteiger partial charge in [-0.3, -0.25) is 14.6 Å². The number of nitrogens with zero attached hydrogens (tertiary/aromatic N) is 3. The van der Waals surface area contributed by atoms with Crippen LogP contribution >= 0.6 is 0 Å². The summed E-state index contributed by atoms with van der Waals surface area (Å²) in [7, 11) is 0. The van der Waals surface area contributed by atoms with Crippen LogP contribution in [0, 0.1) is 6.92 Å². The van der Waals surface area contributed by atoms with E-state index in [2.05, 4.69) is 15.4 Å². The molecule has 23 heavy (non-hydrogen) atoms. The zero-order valence-electron chi connectivity index (χ0n) is 12.9. The maximum Gasteiger partial charge on any atom is 0.264 e. The van der Waals surface area contributed by atoms with E-state index in [0.29, 0.717) is 16.8 Å². The van der Waals surface area contributed by atoms with Gasteiger partial charge in [0.2, 0.25) is 0 Å². The monoisotopic (exact) mass is 316 g/mol. The molecule has 2 N–H and O–H groups in total. The van der Waals surface area contributed by atoms with Gasteiger partial charge in [-0.05, 0) is 37.2 Å². The minimum atomic E-state index is -0.867. The van der Waals surface area contributed by atoms with Crippen molar-refractivity contribution in [1.29, 1.82) is 0 Å². The number of hydrogen-bond acceptors (Lipinski definition) is 6. The first kappa shape index (κ1) is 14.0. The lowest BCUT2D eigenvalue weighted by Crippen LogP contribution is -2.51. The van der Waals surface area contributed by atoms with Crippen LogP contribution in [0.25, 0.3) is 11.0 Å². The molecule has 1 aromatic carbocycles. The zero-order valence-corrected chi connectivity index (χ0v) is 12.9. The Labute approximate surface area is 130 Å². The molecule has 0 fully saturated rings. The highest BCUT2D eigenvalue weighted by molar-refractivity contribution is 5.77. The molecule has 0 aliphatic carbocycles. The van der Waals surface area contributed by atoms with E-state index in [-0.39, 0.29) is 5.56 Å². The maximum atomic E-state index is 11.7. The van der Waals surface area contributed by atoms with Crippen LogP contribution in [0.5, 0.6) is 5.75 Å². The highest BCUT2D eigenvalue weighted by Crippen LogP contribution is 2.43. The van der Waals surface area contributed by atoms with E-state index in [9.17, 15) is 9.90 Å². The van der Waals surface area contributed by atoms with Gasteiger partial charge < -0.3 is 9.84 Å². The van der Waals surface area contributed by atoms with Crippen molar-refractivity contribution in [2.24, 2.45) is 0 Å². The van der Waals surface area contributed by atoms with Gasteiger partial charge in [-0.1, -0.05) is 0 Å². The van der Waals surface area contributed by atoms with Crippen LogP contribution in [-0.2, 0) is 0 Å². The quantitative estimate of drug-likeness (QED) is 0.697. The molecule has 1 aliphatic heterocycles. The molecule has 2 aromatic heterocycles. The number of aliphatic hydroxyl groups excluding tert-OH is 1. The molecule has 0 spiro atoms. The van der Waals surface area contributed by atoms with E-state index < -0.39 is 17.7 Å². The minimum Gasteiger partial charge on any atom is -0.485 e. The van der Waals surface area contributed by atoms with Crippen molar-refractivity contribution in [2.75, 3.05) is 0 Å². The molecule has 8 heteroatoms. The average Bonchev–Trinajstić information content (AvgIpc) is 3.04. The molecule has 4 rings (SSSR count). The number of nitrogens with one attached hydrogen (secondary N) is 1. The Morgan fingerprint density at radius 3 is 2.61 bits per heavy atom. The van der Waals surface area contributed by atoms with Crippen molar-refractivity contribution in [3.05, 3.63) is 39.8 Å². The van der Waals surface area contributed by atoms with Gasteiger partial charge in [-0.2, -0.15) is 0 Å². The summed E-state index contributed by atoms with van der Waals surface area (Å²) in [6.45, 7) is 5.41. The largest absolute Gasteiger partial charge is 0.485 e. The van der Waals surface area contributed by atoms with Crippen LogP contribution in [0.2, 0.25) is 0 Å². The first-order valence-electron chi connectivity index (χ1n) is 7.28. The Morgan fingerprint density at radius 2 is 1.96 bits per heavy atom. The molecule has 3 aromatic rings. The Kier molecular flexibility index (Phi) is 2.71. The summed E-state index contributed by atoms with van der Waals surface area (Å²) in [5, 5.41) is 21.2. The molecule has 0 amide bonds. The van der Waals surface area contributed by atoms with Crippen LogP contribution in [0.4, 0.5) is 0 Å². The Hall–Kier alpha value is -2.61. The van der Waals surface area contributed by atoms with Crippen LogP contribution in [0.3, 0.4) is 0 Å². The molecule has 2 atom stereocenters. The SMILES string of the molecule is Cc1cc(=O)[nH]n1C1c2cc3nonc3cc2OC(C)(C)C1O. The van der Waals surface area contributed by atoms with Gasteiger partial charge in [-0.25, -0.2) is 4.63 Å². The highest BCUT2D eigenvalue weighted by atomic mass is 16.6. The summed E-state index contributed by atoms with van der Waals surface area (Å²) in [6.07, 6.45) is -0.867. The third-order valence-corrected chi connectivity index (χ3v) is 4.32. The van der Waals surface area contributed by atoms with Gasteiger partial charge in [0.25, 0.3) is 5.56 Å². The number of benzene rings is 1. The lowest BCUT2D eigenvalue weighted by molar-refractivity contribution is -0.0660. The predicted octanol–water partition coefficient (Wildman–Crippen LogP) is 1.14. The van der Waals surface area contributed by atoms with Gasteiger partial charge >= 0.3 is 0 Å². The van der Waals surface area contributed by atoms with Crippen LogP contribution < -0.4 is 10.3 Å². The Morgan fingerprint density at radius 1 is 1.26 bits per heavy atom. The summed E-state index contributed by atoms with van der Waals surface area (Å²) in [5.41, 5.74) is 1.53. The third kappa shape index (κ3) is 1.98. The van der Waals surface area contributed by atoms with Gasteiger partial charge in [0.15, 0.2) is 0 Å². The van der Waals surface area contributed by atoms with Crippen molar-refractivity contribution < 1.29 is 14.5 Å². The molecule has 0 saturated heterocycles. The van der Waals surface area contributed by atoms with Crippen LogP contribution in [0.1, 0.15) is 31.1 Å². The van der Waals surface area contributed by atoms with Crippen molar-refractivity contribution in [3.63, 3.8) is 0 Å². The molecule has 0 radical (unpaired) electrons. The molecule has 1 aliphatic rings. The number of rotatable bonds is 1. The second kappa shape index (κ2) is 4.45. The lowest BCUT2D eigenvalue weighted by atomic mass is 9.86. The number of hydrogen-bond donors (Lipinski definition) is 2. The van der Waals surface area contributed by atoms with Gasteiger partial charge in [0.1, 0.15) is 34.5 Å². The van der Waals surface area contributed by atoms with E-state index in [0.717, 1.165) is 11.3 Å². The van der Waals surface area contributed by atoms with Gasteiger partial charge in [0.05, 0.1) is 0 Å². The van der Waals surface area contributed by atoms with Crippen molar-refractivity contribution in [3.8, 4) is 5.75 Å². The molecule has 8 nitrogen and oxygen atoms in total. The fourth-order valence-electron chi connectivity index (χ4n) is 3.11. The van der Waals surface area contributed by atoms with E-state index in [4.69, 9.17) is 9.37 Å². The Balaban J connectivity index is 2.00. The number of aryl methyl sites for hydroxylation is 1. The molecular weight excluding hydrogens is 300 g/mol. The molecule has 0 saturated carbocycles. The lowest BCUT2D eigenvalue weighted by Gasteiger charge is -2.42. The van der Waals surface area contributed by atoms with E-state index in [1.807, 2.05) is 6.92 Å². The topological polar surface area (TPSA) is 106 Å². The summed E-state index contributed by atoms with van der Waals surface area (Å²) in [4.78, 5) is 11.7. The molecule has 0 bridgehead atoms. The van der Waals surface area contributed by atoms with Crippen molar-refractivity contribution in [2.45, 2.75) is 38.5 Å². The number of aliphatic hydroxyl groups is 1. The fraction of sp³-hybridized carbons (Fsp3) is 0.400.